The molecule has 0 radical (unpaired) electrons. The van der Waals surface area contributed by atoms with Gasteiger partial charge in [-0.05, 0) is 31.0 Å². The van der Waals surface area contributed by atoms with Crippen LogP contribution in [0.4, 0.5) is 0 Å². The van der Waals surface area contributed by atoms with Crippen molar-refractivity contribution in [2.24, 2.45) is 5.73 Å². The number of ether oxygens (including phenoxy) is 2. The van der Waals surface area contributed by atoms with Crippen LogP contribution in [0.5, 0.6) is 11.5 Å². The first-order valence-electron chi connectivity index (χ1n) is 6.99. The van der Waals surface area contributed by atoms with Crippen LogP contribution in [-0.4, -0.2) is 16.8 Å². The van der Waals surface area contributed by atoms with E-state index in [1.807, 2.05) is 24.4 Å². The van der Waals surface area contributed by atoms with Gasteiger partial charge < -0.3 is 20.2 Å². The topological polar surface area (TPSA) is 73.2 Å². The predicted molar refractivity (Wildman–Crippen MR) is 74.5 cm³/mol. The van der Waals surface area contributed by atoms with Crippen LogP contribution in [0.3, 0.4) is 0 Å². The minimum Gasteiger partial charge on any atom is -0.454 e. The molecule has 0 unspecified atom stereocenters. The van der Waals surface area contributed by atoms with Gasteiger partial charge >= 0.3 is 0 Å². The molecule has 104 valence electrons. The maximum Gasteiger partial charge on any atom is 0.231 e. The van der Waals surface area contributed by atoms with Gasteiger partial charge in [0.15, 0.2) is 11.5 Å². The number of nitrogens with zero attached hydrogens (tertiary/aromatic N) is 1. The first kappa shape index (κ1) is 11.8. The van der Waals surface area contributed by atoms with Crippen molar-refractivity contribution >= 4 is 0 Å². The minimum absolute atomic E-state index is 0.283. The van der Waals surface area contributed by atoms with Crippen LogP contribution < -0.4 is 15.2 Å². The maximum absolute atomic E-state index is 6.42. The van der Waals surface area contributed by atoms with Crippen molar-refractivity contribution in [2.75, 3.05) is 6.79 Å². The molecule has 20 heavy (non-hydrogen) atoms. The van der Waals surface area contributed by atoms with Gasteiger partial charge in [0.1, 0.15) is 5.82 Å². The second-order valence-corrected chi connectivity index (χ2v) is 5.58. The number of nitrogens with two attached hydrogens (primary N) is 1. The Kier molecular flexibility index (Phi) is 2.50. The second-order valence-electron chi connectivity index (χ2n) is 5.58. The van der Waals surface area contributed by atoms with E-state index in [0.29, 0.717) is 6.79 Å². The molecule has 1 aromatic heterocycles. The van der Waals surface area contributed by atoms with Crippen LogP contribution in [0, 0.1) is 0 Å². The largest absolute Gasteiger partial charge is 0.454 e. The van der Waals surface area contributed by atoms with Crippen LogP contribution in [0.2, 0.25) is 0 Å². The Morgan fingerprint density at radius 2 is 1.95 bits per heavy atom. The third kappa shape index (κ3) is 1.78. The fourth-order valence-electron chi connectivity index (χ4n) is 3.03. The van der Waals surface area contributed by atoms with E-state index >= 15 is 0 Å². The molecule has 5 nitrogen and oxygen atoms in total. The van der Waals surface area contributed by atoms with Gasteiger partial charge in [-0.2, -0.15) is 0 Å². The molecular formula is C15H17N3O2. The standard InChI is InChI=1S/C15H17N3O2/c16-15(5-1-2-6-15)14-17-8-11(18-14)10-3-4-12-13(7-10)20-9-19-12/h3-4,7-8H,1-2,5-6,9,16H2,(H,17,18). The Morgan fingerprint density at radius 1 is 1.15 bits per heavy atom. The van der Waals surface area contributed by atoms with E-state index in [-0.39, 0.29) is 5.54 Å². The van der Waals surface area contributed by atoms with E-state index in [1.165, 1.54) is 12.8 Å². The average molecular weight is 271 g/mol. The minimum atomic E-state index is -0.283. The number of rotatable bonds is 2. The molecule has 0 spiro atoms. The molecule has 0 saturated heterocycles. The number of aromatic nitrogens is 2. The molecule has 1 aliphatic carbocycles. The maximum atomic E-state index is 6.42. The molecular weight excluding hydrogens is 254 g/mol. The Hall–Kier alpha value is -2.01. The zero-order chi connectivity index (χ0) is 13.6. The number of benzene rings is 1. The molecule has 2 aliphatic rings. The lowest BCUT2D eigenvalue weighted by molar-refractivity contribution is 0.174. The second kappa shape index (κ2) is 4.24. The molecule has 0 atom stereocenters. The molecule has 1 aromatic carbocycles. The van der Waals surface area contributed by atoms with Crippen molar-refractivity contribution < 1.29 is 9.47 Å². The van der Waals surface area contributed by atoms with Crippen LogP contribution in [0.25, 0.3) is 11.3 Å². The lowest BCUT2D eigenvalue weighted by atomic mass is 9.99. The van der Waals surface area contributed by atoms with Gasteiger partial charge in [-0.3, -0.25) is 0 Å². The zero-order valence-corrected chi connectivity index (χ0v) is 11.2. The van der Waals surface area contributed by atoms with Crippen molar-refractivity contribution in [1.29, 1.82) is 0 Å². The van der Waals surface area contributed by atoms with Crippen LogP contribution in [0.1, 0.15) is 31.5 Å². The van der Waals surface area contributed by atoms with Crippen molar-refractivity contribution in [1.82, 2.24) is 9.97 Å². The summed E-state index contributed by atoms with van der Waals surface area (Å²) in [5, 5.41) is 0. The number of hydrogen-bond donors (Lipinski definition) is 2. The Labute approximate surface area is 117 Å². The quantitative estimate of drug-likeness (QED) is 0.880. The van der Waals surface area contributed by atoms with E-state index in [9.17, 15) is 0 Å². The summed E-state index contributed by atoms with van der Waals surface area (Å²) in [7, 11) is 0. The SMILES string of the molecule is NC1(c2ncc(-c3ccc4c(c3)OCO4)[nH]2)CCCC1. The molecule has 4 rings (SSSR count). The van der Waals surface area contributed by atoms with Crippen molar-refractivity contribution in [3.8, 4) is 22.8 Å². The number of H-pyrrole nitrogens is 1. The summed E-state index contributed by atoms with van der Waals surface area (Å²) in [5.74, 6) is 2.46. The van der Waals surface area contributed by atoms with E-state index in [2.05, 4.69) is 9.97 Å². The fraction of sp³-hybridized carbons (Fsp3) is 0.400. The highest BCUT2D eigenvalue weighted by molar-refractivity contribution is 5.64. The molecule has 1 aliphatic heterocycles. The predicted octanol–water partition coefficient (Wildman–Crippen LogP) is 2.53. The van der Waals surface area contributed by atoms with Gasteiger partial charge in [-0.1, -0.05) is 12.8 Å². The third-order valence-electron chi connectivity index (χ3n) is 4.23. The highest BCUT2D eigenvalue weighted by Gasteiger charge is 2.34. The van der Waals surface area contributed by atoms with Crippen molar-refractivity contribution in [3.63, 3.8) is 0 Å². The van der Waals surface area contributed by atoms with Gasteiger partial charge in [0.05, 0.1) is 17.4 Å². The first-order chi connectivity index (χ1) is 9.74. The van der Waals surface area contributed by atoms with E-state index in [0.717, 1.165) is 41.4 Å². The highest BCUT2D eigenvalue weighted by Crippen LogP contribution is 2.38. The monoisotopic (exact) mass is 271 g/mol. The Bertz CT molecular complexity index is 644. The normalized spacial score (nSPS) is 19.4. The summed E-state index contributed by atoms with van der Waals surface area (Å²) in [6, 6.07) is 5.89. The summed E-state index contributed by atoms with van der Waals surface area (Å²) < 4.78 is 10.7. The third-order valence-corrected chi connectivity index (χ3v) is 4.23. The lowest BCUT2D eigenvalue weighted by Gasteiger charge is -2.20. The van der Waals surface area contributed by atoms with Gasteiger partial charge in [-0.25, -0.2) is 4.98 Å². The van der Waals surface area contributed by atoms with E-state index in [1.54, 1.807) is 0 Å². The zero-order valence-electron chi connectivity index (χ0n) is 11.2. The summed E-state index contributed by atoms with van der Waals surface area (Å²) >= 11 is 0. The fourth-order valence-corrected chi connectivity index (χ4v) is 3.03. The Morgan fingerprint density at radius 3 is 2.80 bits per heavy atom. The number of fused-ring (bicyclic) bond motifs is 1. The van der Waals surface area contributed by atoms with Gasteiger partial charge in [0.25, 0.3) is 0 Å². The van der Waals surface area contributed by atoms with Crippen molar-refractivity contribution in [2.45, 2.75) is 31.2 Å². The van der Waals surface area contributed by atoms with Crippen molar-refractivity contribution in [3.05, 3.63) is 30.2 Å². The lowest BCUT2D eigenvalue weighted by Crippen LogP contribution is -2.34. The van der Waals surface area contributed by atoms with E-state index in [4.69, 9.17) is 15.2 Å². The Balaban J connectivity index is 1.68. The summed E-state index contributed by atoms with van der Waals surface area (Å²) in [4.78, 5) is 7.86. The van der Waals surface area contributed by atoms with Gasteiger partial charge in [-0.15, -0.1) is 0 Å². The molecule has 0 bridgehead atoms. The summed E-state index contributed by atoms with van der Waals surface area (Å²) in [6.07, 6.45) is 6.20. The molecule has 0 amide bonds. The van der Waals surface area contributed by atoms with Gasteiger partial charge in [0.2, 0.25) is 6.79 Å². The van der Waals surface area contributed by atoms with E-state index < -0.39 is 0 Å². The summed E-state index contributed by atoms with van der Waals surface area (Å²) in [6.45, 7) is 0.291. The number of aromatic amines is 1. The van der Waals surface area contributed by atoms with Crippen LogP contribution in [-0.2, 0) is 5.54 Å². The molecule has 2 heterocycles. The highest BCUT2D eigenvalue weighted by atomic mass is 16.7. The van der Waals surface area contributed by atoms with Gasteiger partial charge in [0, 0.05) is 5.56 Å². The molecule has 3 N–H and O–H groups in total. The van der Waals surface area contributed by atoms with Crippen LogP contribution >= 0.6 is 0 Å². The summed E-state index contributed by atoms with van der Waals surface area (Å²) in [5.41, 5.74) is 8.14. The molecule has 5 heteroatoms. The number of imidazole rings is 1. The van der Waals surface area contributed by atoms with Crippen LogP contribution in [0.15, 0.2) is 24.4 Å². The number of hydrogen-bond acceptors (Lipinski definition) is 4. The first-order valence-corrected chi connectivity index (χ1v) is 6.99. The molecule has 1 saturated carbocycles. The average Bonchev–Trinajstić information content (AvgIpc) is 3.18. The molecule has 2 aromatic rings. The molecule has 1 fully saturated rings. The smallest absolute Gasteiger partial charge is 0.231 e. The number of nitrogens with one attached hydrogen (secondary N) is 1.